The van der Waals surface area contributed by atoms with E-state index in [1.54, 1.807) is 5.41 Å². The predicted molar refractivity (Wildman–Crippen MR) is 67.0 cm³/mol. The molecule has 3 N–H and O–H groups in total. The highest BCUT2D eigenvalue weighted by molar-refractivity contribution is 8.03. The van der Waals surface area contributed by atoms with Crippen molar-refractivity contribution in [3.63, 3.8) is 0 Å². The number of aliphatic carboxylic acids is 1. The Bertz CT molecular complexity index is 370. The van der Waals surface area contributed by atoms with Gasteiger partial charge < -0.3 is 20.3 Å². The molecule has 0 saturated heterocycles. The maximum absolute atomic E-state index is 11.5. The Morgan fingerprint density at radius 2 is 2.33 bits per heavy atom. The second-order valence-corrected chi connectivity index (χ2v) is 4.92. The predicted octanol–water partition coefficient (Wildman–Crippen LogP) is 1.08. The van der Waals surface area contributed by atoms with Gasteiger partial charge in [-0.15, -0.1) is 11.8 Å². The number of amides is 1. The summed E-state index contributed by atoms with van der Waals surface area (Å²) < 4.78 is 4.77. The van der Waals surface area contributed by atoms with Gasteiger partial charge in [-0.05, 0) is 17.9 Å². The highest BCUT2D eigenvalue weighted by Crippen LogP contribution is 2.38. The van der Waals surface area contributed by atoms with Crippen molar-refractivity contribution >= 4 is 23.8 Å². The first-order valence-electron chi connectivity index (χ1n) is 5.30. The van der Waals surface area contributed by atoms with Gasteiger partial charge in [0.05, 0.1) is 0 Å². The Morgan fingerprint density at radius 1 is 1.61 bits per heavy atom. The van der Waals surface area contributed by atoms with E-state index in [1.807, 2.05) is 0 Å². The summed E-state index contributed by atoms with van der Waals surface area (Å²) in [6.07, 6.45) is 1.20. The van der Waals surface area contributed by atoms with Gasteiger partial charge in [0.25, 0.3) is 0 Å². The number of hydrogen-bond donors (Lipinski definition) is 3. The molecule has 0 spiro atoms. The maximum Gasteiger partial charge on any atom is 0.408 e. The smallest absolute Gasteiger partial charge is 0.408 e. The van der Waals surface area contributed by atoms with E-state index in [9.17, 15) is 14.7 Å². The molecule has 18 heavy (non-hydrogen) atoms. The molecule has 0 fully saturated rings. The van der Waals surface area contributed by atoms with Gasteiger partial charge in [-0.25, -0.2) is 4.79 Å². The molecular weight excluding hydrogens is 258 g/mol. The lowest BCUT2D eigenvalue weighted by molar-refractivity contribution is -0.137. The second-order valence-electron chi connectivity index (χ2n) is 3.69. The van der Waals surface area contributed by atoms with Crippen LogP contribution in [-0.4, -0.2) is 39.9 Å². The minimum atomic E-state index is -1.07. The average molecular weight is 273 g/mol. The van der Waals surface area contributed by atoms with Crippen LogP contribution in [0.25, 0.3) is 0 Å². The molecule has 0 aromatic carbocycles. The van der Waals surface area contributed by atoms with E-state index in [0.717, 1.165) is 0 Å². The molecule has 0 radical (unpaired) electrons. The van der Waals surface area contributed by atoms with Crippen molar-refractivity contribution in [2.45, 2.75) is 23.8 Å². The van der Waals surface area contributed by atoms with Gasteiger partial charge in [0.15, 0.2) is 0 Å². The standard InChI is InChI=1S/C11H15NO5S/c1-2-6-17-10(16)12-11(5-3-9(14)15)8(13)4-7-18-11/h2,4,7-8,13H,1,3,5-6H2,(H,12,16)(H,14,15)/t8-,11?/m1/s1. The van der Waals surface area contributed by atoms with Crippen molar-refractivity contribution in [1.29, 1.82) is 0 Å². The highest BCUT2D eigenvalue weighted by Gasteiger charge is 2.42. The lowest BCUT2D eigenvalue weighted by Gasteiger charge is -2.31. The van der Waals surface area contributed by atoms with E-state index in [1.165, 1.54) is 23.9 Å². The Balaban J connectivity index is 2.64. The van der Waals surface area contributed by atoms with Crippen LogP contribution in [0.15, 0.2) is 24.1 Å². The Kier molecular flexibility index (Phi) is 5.24. The van der Waals surface area contributed by atoms with Crippen LogP contribution in [0.5, 0.6) is 0 Å². The van der Waals surface area contributed by atoms with Crippen molar-refractivity contribution in [3.8, 4) is 0 Å². The van der Waals surface area contributed by atoms with Gasteiger partial charge >= 0.3 is 12.1 Å². The molecule has 1 aliphatic heterocycles. The molecule has 7 heteroatoms. The molecule has 0 saturated carbocycles. The van der Waals surface area contributed by atoms with Crippen LogP contribution in [0.3, 0.4) is 0 Å². The number of carbonyl (C=O) groups is 2. The van der Waals surface area contributed by atoms with Crippen molar-refractivity contribution in [3.05, 3.63) is 24.1 Å². The number of carbonyl (C=O) groups excluding carboxylic acids is 1. The van der Waals surface area contributed by atoms with Crippen LogP contribution >= 0.6 is 11.8 Å². The summed E-state index contributed by atoms with van der Waals surface area (Å²) in [6, 6.07) is 0. The van der Waals surface area contributed by atoms with E-state index in [2.05, 4.69) is 11.9 Å². The minimum absolute atomic E-state index is 0.0506. The monoisotopic (exact) mass is 273 g/mol. The molecule has 100 valence electrons. The fourth-order valence-corrected chi connectivity index (χ4v) is 2.52. The normalized spacial score (nSPS) is 25.7. The third kappa shape index (κ3) is 3.78. The van der Waals surface area contributed by atoms with Gasteiger partial charge in [0, 0.05) is 6.42 Å². The number of aliphatic hydroxyl groups excluding tert-OH is 1. The number of alkyl carbamates (subject to hydrolysis) is 1. The van der Waals surface area contributed by atoms with E-state index in [4.69, 9.17) is 9.84 Å². The molecule has 0 bridgehead atoms. The van der Waals surface area contributed by atoms with Gasteiger partial charge in [0.2, 0.25) is 0 Å². The van der Waals surface area contributed by atoms with Crippen molar-refractivity contribution < 1.29 is 24.5 Å². The topological polar surface area (TPSA) is 95.9 Å². The number of hydrogen-bond acceptors (Lipinski definition) is 5. The minimum Gasteiger partial charge on any atom is -0.481 e. The van der Waals surface area contributed by atoms with Gasteiger partial charge in [-0.2, -0.15) is 0 Å². The van der Waals surface area contributed by atoms with Gasteiger partial charge in [0.1, 0.15) is 17.6 Å². The number of carboxylic acid groups (broad SMARTS) is 1. The quantitative estimate of drug-likeness (QED) is 0.627. The fraction of sp³-hybridized carbons (Fsp3) is 0.455. The number of carboxylic acids is 1. The lowest BCUT2D eigenvalue weighted by Crippen LogP contribution is -2.52. The van der Waals surface area contributed by atoms with E-state index in [-0.39, 0.29) is 19.4 Å². The zero-order chi connectivity index (χ0) is 13.6. The van der Waals surface area contributed by atoms with E-state index < -0.39 is 23.0 Å². The van der Waals surface area contributed by atoms with Crippen LogP contribution < -0.4 is 5.32 Å². The fourth-order valence-electron chi connectivity index (χ4n) is 1.47. The summed E-state index contributed by atoms with van der Waals surface area (Å²) in [7, 11) is 0. The molecule has 1 unspecified atom stereocenters. The van der Waals surface area contributed by atoms with Crippen molar-refractivity contribution in [2.75, 3.05) is 6.61 Å². The third-order valence-corrected chi connectivity index (χ3v) is 3.63. The maximum atomic E-state index is 11.5. The summed E-state index contributed by atoms with van der Waals surface area (Å²) in [5.74, 6) is -0.990. The summed E-state index contributed by atoms with van der Waals surface area (Å²) in [5, 5.41) is 22.7. The van der Waals surface area contributed by atoms with E-state index in [0.29, 0.717) is 0 Å². The number of nitrogens with one attached hydrogen (secondary N) is 1. The largest absolute Gasteiger partial charge is 0.481 e. The molecule has 2 atom stereocenters. The molecule has 1 rings (SSSR count). The number of ether oxygens (including phenoxy) is 1. The summed E-state index contributed by atoms with van der Waals surface area (Å²) in [6.45, 7) is 3.46. The number of thioether (sulfide) groups is 1. The SMILES string of the molecule is C=CCOC(=O)NC1(CCC(=O)O)SC=C[C@H]1O. The van der Waals surface area contributed by atoms with Crippen molar-refractivity contribution in [1.82, 2.24) is 5.32 Å². The summed E-state index contributed by atoms with van der Waals surface area (Å²) in [5.41, 5.74) is 0. The first-order valence-corrected chi connectivity index (χ1v) is 6.18. The Labute approximate surface area is 109 Å². The first kappa shape index (κ1) is 14.6. The lowest BCUT2D eigenvalue weighted by atomic mass is 10.0. The van der Waals surface area contributed by atoms with E-state index >= 15 is 0 Å². The molecule has 0 aliphatic carbocycles. The van der Waals surface area contributed by atoms with Gasteiger partial charge in [-0.3, -0.25) is 4.79 Å². The second kappa shape index (κ2) is 6.46. The molecule has 0 aromatic heterocycles. The summed E-state index contributed by atoms with van der Waals surface area (Å²) in [4.78, 5) is 21.0. The highest BCUT2D eigenvalue weighted by atomic mass is 32.2. The van der Waals surface area contributed by atoms with Crippen LogP contribution in [0.1, 0.15) is 12.8 Å². The van der Waals surface area contributed by atoms with Crippen molar-refractivity contribution in [2.24, 2.45) is 0 Å². The zero-order valence-corrected chi connectivity index (χ0v) is 10.5. The van der Waals surface area contributed by atoms with Crippen LogP contribution in [0.2, 0.25) is 0 Å². The van der Waals surface area contributed by atoms with Gasteiger partial charge in [-0.1, -0.05) is 12.7 Å². The molecule has 1 heterocycles. The third-order valence-electron chi connectivity index (χ3n) is 2.37. The molecular formula is C11H15NO5S. The number of rotatable bonds is 6. The Hall–Kier alpha value is -1.47. The van der Waals surface area contributed by atoms with Crippen LogP contribution in [0, 0.1) is 0 Å². The van der Waals surface area contributed by atoms with Crippen LogP contribution in [-0.2, 0) is 9.53 Å². The van der Waals surface area contributed by atoms with Crippen LogP contribution in [0.4, 0.5) is 4.79 Å². The zero-order valence-electron chi connectivity index (χ0n) is 9.67. The molecule has 0 aromatic rings. The Morgan fingerprint density at radius 3 is 2.83 bits per heavy atom. The number of aliphatic hydroxyl groups is 1. The molecule has 6 nitrogen and oxygen atoms in total. The molecule has 1 aliphatic rings. The average Bonchev–Trinajstić information content (AvgIpc) is 2.66. The first-order chi connectivity index (χ1) is 8.50. The summed E-state index contributed by atoms with van der Waals surface area (Å²) >= 11 is 1.17. The molecule has 1 amide bonds.